The largest absolute Gasteiger partial charge is 0.514 e. The molecule has 0 amide bonds. The van der Waals surface area contributed by atoms with Crippen LogP contribution in [0.25, 0.3) is 0 Å². The Morgan fingerprint density at radius 2 is 1.74 bits per heavy atom. The molecule has 0 bridgehead atoms. The van der Waals surface area contributed by atoms with Crippen LogP contribution in [0.3, 0.4) is 0 Å². The molecule has 6 nitrogen and oxygen atoms in total. The SMILES string of the molecule is Cc1nc(B2OC(C)(C)C(C)(C)O2)ccc1[N+](=O)[O-]. The second-order valence-electron chi connectivity index (χ2n) is 5.69. The van der Waals surface area contributed by atoms with Gasteiger partial charge in [-0.25, -0.2) is 0 Å². The topological polar surface area (TPSA) is 74.5 Å². The van der Waals surface area contributed by atoms with Crippen LogP contribution in [0.15, 0.2) is 12.1 Å². The molecule has 1 aliphatic heterocycles. The van der Waals surface area contributed by atoms with E-state index in [1.807, 2.05) is 27.7 Å². The van der Waals surface area contributed by atoms with Gasteiger partial charge in [-0.15, -0.1) is 0 Å². The first kappa shape index (κ1) is 14.0. The highest BCUT2D eigenvalue weighted by Gasteiger charge is 2.52. The zero-order chi connectivity index (χ0) is 14.4. The average Bonchev–Trinajstić information content (AvgIpc) is 2.47. The smallest absolute Gasteiger partial charge is 0.398 e. The third kappa shape index (κ3) is 2.35. The summed E-state index contributed by atoms with van der Waals surface area (Å²) in [5.41, 5.74) is 0.0172. The second-order valence-corrected chi connectivity index (χ2v) is 5.69. The second kappa shape index (κ2) is 4.28. The molecule has 1 aromatic heterocycles. The number of rotatable bonds is 2. The zero-order valence-electron chi connectivity index (χ0n) is 11.8. The molecule has 0 aliphatic carbocycles. The highest BCUT2D eigenvalue weighted by Crippen LogP contribution is 2.36. The lowest BCUT2D eigenvalue weighted by molar-refractivity contribution is -0.385. The Labute approximate surface area is 112 Å². The minimum absolute atomic E-state index is 0.000248. The summed E-state index contributed by atoms with van der Waals surface area (Å²) in [4.78, 5) is 14.5. The Kier molecular flexibility index (Phi) is 3.14. The summed E-state index contributed by atoms with van der Waals surface area (Å²) in [5.74, 6) is 0. The molecule has 1 saturated heterocycles. The average molecular weight is 264 g/mol. The van der Waals surface area contributed by atoms with Gasteiger partial charge in [0.2, 0.25) is 0 Å². The van der Waals surface area contributed by atoms with E-state index in [1.54, 1.807) is 13.0 Å². The van der Waals surface area contributed by atoms with E-state index < -0.39 is 23.2 Å². The summed E-state index contributed by atoms with van der Waals surface area (Å²) in [5, 5.41) is 10.8. The van der Waals surface area contributed by atoms with Crippen LogP contribution in [0.4, 0.5) is 5.69 Å². The van der Waals surface area contributed by atoms with Crippen molar-refractivity contribution < 1.29 is 14.2 Å². The molecule has 19 heavy (non-hydrogen) atoms. The van der Waals surface area contributed by atoms with Crippen LogP contribution in [0.5, 0.6) is 0 Å². The summed E-state index contributed by atoms with van der Waals surface area (Å²) in [6, 6.07) is 3.01. The minimum atomic E-state index is -0.593. The predicted molar refractivity (Wildman–Crippen MR) is 71.3 cm³/mol. The number of pyridine rings is 1. The van der Waals surface area contributed by atoms with Crippen molar-refractivity contribution in [1.82, 2.24) is 4.98 Å². The Hall–Kier alpha value is -1.47. The van der Waals surface area contributed by atoms with Gasteiger partial charge in [-0.2, -0.15) is 0 Å². The maximum absolute atomic E-state index is 10.8. The van der Waals surface area contributed by atoms with Gasteiger partial charge < -0.3 is 9.31 Å². The number of nitrogens with zero attached hydrogens (tertiary/aromatic N) is 2. The molecule has 0 atom stereocenters. The summed E-state index contributed by atoms with van der Waals surface area (Å²) in [7, 11) is -0.593. The Morgan fingerprint density at radius 1 is 1.21 bits per heavy atom. The molecule has 2 rings (SSSR count). The van der Waals surface area contributed by atoms with E-state index in [4.69, 9.17) is 9.31 Å². The summed E-state index contributed by atoms with van der Waals surface area (Å²) in [6.45, 7) is 9.40. The van der Waals surface area contributed by atoms with Crippen LogP contribution in [-0.4, -0.2) is 28.2 Å². The van der Waals surface area contributed by atoms with Gasteiger partial charge in [-0.1, -0.05) is 0 Å². The van der Waals surface area contributed by atoms with E-state index in [2.05, 4.69) is 4.98 Å². The van der Waals surface area contributed by atoms with E-state index >= 15 is 0 Å². The maximum Gasteiger partial charge on any atom is 0.514 e. The summed E-state index contributed by atoms with van der Waals surface area (Å²) < 4.78 is 11.7. The van der Waals surface area contributed by atoms with Gasteiger partial charge in [0.05, 0.1) is 21.7 Å². The van der Waals surface area contributed by atoms with Gasteiger partial charge in [0.25, 0.3) is 5.69 Å². The van der Waals surface area contributed by atoms with Crippen molar-refractivity contribution in [2.45, 2.75) is 45.8 Å². The monoisotopic (exact) mass is 264 g/mol. The quantitative estimate of drug-likeness (QED) is 0.460. The van der Waals surface area contributed by atoms with Crippen molar-refractivity contribution in [3.05, 3.63) is 27.9 Å². The number of aryl methyl sites for hydroxylation is 1. The van der Waals surface area contributed by atoms with E-state index in [0.717, 1.165) is 0 Å². The zero-order valence-corrected chi connectivity index (χ0v) is 11.8. The van der Waals surface area contributed by atoms with Crippen molar-refractivity contribution in [3.8, 4) is 0 Å². The molecule has 102 valence electrons. The van der Waals surface area contributed by atoms with Crippen LogP contribution >= 0.6 is 0 Å². The molecule has 0 aromatic carbocycles. The molecular formula is C12H17BN2O4. The normalized spacial score (nSPS) is 20.6. The molecule has 0 radical (unpaired) electrons. The van der Waals surface area contributed by atoms with Crippen molar-refractivity contribution in [3.63, 3.8) is 0 Å². The Balaban J connectivity index is 2.31. The van der Waals surface area contributed by atoms with Crippen molar-refractivity contribution >= 4 is 18.4 Å². The minimum Gasteiger partial charge on any atom is -0.398 e. The standard InChI is InChI=1S/C12H17BN2O4/c1-8-9(15(16)17)6-7-10(14-8)13-18-11(2,3)12(4,5)19-13/h6-7H,1-5H3. The molecule has 7 heteroatoms. The van der Waals surface area contributed by atoms with Gasteiger partial charge in [-0.05, 0) is 40.7 Å². The molecule has 1 fully saturated rings. The lowest BCUT2D eigenvalue weighted by atomic mass is 9.84. The molecule has 0 saturated carbocycles. The van der Waals surface area contributed by atoms with E-state index in [1.165, 1.54) is 6.07 Å². The number of hydrogen-bond donors (Lipinski definition) is 0. The fraction of sp³-hybridized carbons (Fsp3) is 0.583. The predicted octanol–water partition coefficient (Wildman–Crippen LogP) is 1.60. The van der Waals surface area contributed by atoms with Crippen LogP contribution in [0.2, 0.25) is 0 Å². The molecule has 1 aliphatic rings. The third-order valence-corrected chi connectivity index (χ3v) is 3.77. The third-order valence-electron chi connectivity index (χ3n) is 3.77. The fourth-order valence-electron chi connectivity index (χ4n) is 1.86. The number of nitro groups is 1. The van der Waals surface area contributed by atoms with Gasteiger partial charge in [0, 0.05) is 6.07 Å². The molecule has 0 N–H and O–H groups in total. The van der Waals surface area contributed by atoms with Crippen LogP contribution < -0.4 is 5.59 Å². The molecule has 2 heterocycles. The summed E-state index contributed by atoms with van der Waals surface area (Å²) >= 11 is 0. The fourth-order valence-corrected chi connectivity index (χ4v) is 1.86. The lowest BCUT2D eigenvalue weighted by Gasteiger charge is -2.32. The molecule has 1 aromatic rings. The van der Waals surface area contributed by atoms with Crippen molar-refractivity contribution in [2.24, 2.45) is 0 Å². The highest BCUT2D eigenvalue weighted by atomic mass is 16.7. The first-order chi connectivity index (χ1) is 8.64. The van der Waals surface area contributed by atoms with Crippen LogP contribution in [0, 0.1) is 17.0 Å². The highest BCUT2D eigenvalue weighted by molar-refractivity contribution is 6.61. The van der Waals surface area contributed by atoms with E-state index in [0.29, 0.717) is 11.3 Å². The first-order valence-electron chi connectivity index (χ1n) is 6.11. The van der Waals surface area contributed by atoms with Gasteiger partial charge >= 0.3 is 7.12 Å². The van der Waals surface area contributed by atoms with Crippen molar-refractivity contribution in [2.75, 3.05) is 0 Å². The van der Waals surface area contributed by atoms with E-state index in [-0.39, 0.29) is 5.69 Å². The Bertz CT molecular complexity index is 514. The van der Waals surface area contributed by atoms with Crippen molar-refractivity contribution in [1.29, 1.82) is 0 Å². The summed E-state index contributed by atoms with van der Waals surface area (Å²) in [6.07, 6.45) is 0. The molecule has 0 unspecified atom stereocenters. The molecular weight excluding hydrogens is 247 g/mol. The number of hydrogen-bond acceptors (Lipinski definition) is 5. The van der Waals surface area contributed by atoms with Gasteiger partial charge in [0.1, 0.15) is 5.69 Å². The van der Waals surface area contributed by atoms with Crippen LogP contribution in [-0.2, 0) is 9.31 Å². The lowest BCUT2D eigenvalue weighted by Crippen LogP contribution is -2.41. The first-order valence-corrected chi connectivity index (χ1v) is 6.11. The maximum atomic E-state index is 10.8. The van der Waals surface area contributed by atoms with E-state index in [9.17, 15) is 10.1 Å². The number of aromatic nitrogens is 1. The van der Waals surface area contributed by atoms with Crippen LogP contribution in [0.1, 0.15) is 33.4 Å². The Morgan fingerprint density at radius 3 is 2.16 bits per heavy atom. The van der Waals surface area contributed by atoms with Gasteiger partial charge in [-0.3, -0.25) is 15.1 Å². The molecule has 0 spiro atoms. The van der Waals surface area contributed by atoms with Gasteiger partial charge in [0.15, 0.2) is 0 Å².